The molecule has 0 radical (unpaired) electrons. The number of nitrogens with one attached hydrogen (secondary N) is 1. The largest absolute Gasteiger partial charge is 0.444 e. The van der Waals surface area contributed by atoms with E-state index in [0.717, 1.165) is 24.2 Å². The molecule has 1 saturated heterocycles. The van der Waals surface area contributed by atoms with Gasteiger partial charge in [-0.3, -0.25) is 10.1 Å². The zero-order valence-corrected chi connectivity index (χ0v) is 15.1. The molecule has 1 aromatic carbocycles. The summed E-state index contributed by atoms with van der Waals surface area (Å²) in [7, 11) is 0. The van der Waals surface area contributed by atoms with Crippen LogP contribution in [0.25, 0.3) is 10.9 Å². The van der Waals surface area contributed by atoms with Gasteiger partial charge in [0, 0.05) is 30.6 Å². The van der Waals surface area contributed by atoms with Crippen LogP contribution in [0.4, 0.5) is 16.3 Å². The SMILES string of the molecule is CC(C)(C)OC(=O)NC1CCN(c2ccc3cc([N+](=O)[O-])ccc3n2)C1. The fraction of sp³-hybridized carbons (Fsp3) is 0.444. The quantitative estimate of drug-likeness (QED) is 0.668. The second-order valence-corrected chi connectivity index (χ2v) is 7.38. The normalized spacial score (nSPS) is 17.3. The molecule has 0 saturated carbocycles. The van der Waals surface area contributed by atoms with Gasteiger partial charge in [-0.1, -0.05) is 0 Å². The van der Waals surface area contributed by atoms with Crippen LogP contribution in [0.1, 0.15) is 27.2 Å². The molecular weight excluding hydrogens is 336 g/mol. The summed E-state index contributed by atoms with van der Waals surface area (Å²) in [4.78, 5) is 29.0. The average Bonchev–Trinajstić information content (AvgIpc) is 3.00. The molecule has 2 aromatic rings. The fourth-order valence-corrected chi connectivity index (χ4v) is 2.95. The number of nitrogens with zero attached hydrogens (tertiary/aromatic N) is 3. The number of benzene rings is 1. The zero-order chi connectivity index (χ0) is 18.9. The van der Waals surface area contributed by atoms with Crippen LogP contribution in [-0.4, -0.2) is 40.7 Å². The lowest BCUT2D eigenvalue weighted by atomic mass is 10.2. The summed E-state index contributed by atoms with van der Waals surface area (Å²) in [6.07, 6.45) is 0.391. The predicted molar refractivity (Wildman–Crippen MR) is 98.4 cm³/mol. The maximum Gasteiger partial charge on any atom is 0.407 e. The maximum absolute atomic E-state index is 11.9. The van der Waals surface area contributed by atoms with Crippen LogP contribution < -0.4 is 10.2 Å². The minimum absolute atomic E-state index is 0.000734. The van der Waals surface area contributed by atoms with Gasteiger partial charge in [-0.2, -0.15) is 0 Å². The summed E-state index contributed by atoms with van der Waals surface area (Å²) in [6, 6.07) is 8.31. The Hall–Kier alpha value is -2.90. The summed E-state index contributed by atoms with van der Waals surface area (Å²) in [5, 5.41) is 14.5. The van der Waals surface area contributed by atoms with Crippen LogP contribution in [0.5, 0.6) is 0 Å². The van der Waals surface area contributed by atoms with Crippen molar-refractivity contribution in [1.29, 1.82) is 0 Å². The molecule has 1 N–H and O–H groups in total. The number of amides is 1. The number of aromatic nitrogens is 1. The minimum Gasteiger partial charge on any atom is -0.444 e. The Morgan fingerprint density at radius 2 is 2.12 bits per heavy atom. The van der Waals surface area contributed by atoms with E-state index in [1.165, 1.54) is 12.1 Å². The molecule has 1 aliphatic rings. The van der Waals surface area contributed by atoms with Gasteiger partial charge in [0.05, 0.1) is 16.5 Å². The second-order valence-electron chi connectivity index (χ2n) is 7.38. The number of non-ortho nitro benzene ring substituents is 1. The van der Waals surface area contributed by atoms with Crippen molar-refractivity contribution in [2.24, 2.45) is 0 Å². The standard InChI is InChI=1S/C18H22N4O4/c1-18(2,3)26-17(23)19-13-8-9-21(11-13)16-7-4-12-10-14(22(24)25)5-6-15(12)20-16/h4-7,10,13H,8-9,11H2,1-3H3,(H,19,23). The van der Waals surface area contributed by atoms with Crippen molar-refractivity contribution < 1.29 is 14.5 Å². The number of carbonyl (C=O) groups excluding carboxylic acids is 1. The van der Waals surface area contributed by atoms with Crippen molar-refractivity contribution in [2.45, 2.75) is 38.8 Å². The molecule has 1 fully saturated rings. The Labute approximate surface area is 151 Å². The summed E-state index contributed by atoms with van der Waals surface area (Å²) < 4.78 is 5.29. The van der Waals surface area contributed by atoms with Crippen molar-refractivity contribution in [3.8, 4) is 0 Å². The van der Waals surface area contributed by atoms with Crippen LogP contribution in [0.15, 0.2) is 30.3 Å². The molecule has 8 heteroatoms. The van der Waals surface area contributed by atoms with E-state index in [9.17, 15) is 14.9 Å². The summed E-state index contributed by atoms with van der Waals surface area (Å²) in [6.45, 7) is 6.90. The van der Waals surface area contributed by atoms with Crippen molar-refractivity contribution in [1.82, 2.24) is 10.3 Å². The van der Waals surface area contributed by atoms with E-state index in [-0.39, 0.29) is 11.7 Å². The molecule has 0 aliphatic carbocycles. The Balaban J connectivity index is 1.67. The highest BCUT2D eigenvalue weighted by Gasteiger charge is 2.27. The van der Waals surface area contributed by atoms with E-state index < -0.39 is 16.6 Å². The maximum atomic E-state index is 11.9. The fourth-order valence-electron chi connectivity index (χ4n) is 2.95. The highest BCUT2D eigenvalue weighted by molar-refractivity contribution is 5.82. The van der Waals surface area contributed by atoms with Gasteiger partial charge < -0.3 is 15.0 Å². The molecule has 138 valence electrons. The van der Waals surface area contributed by atoms with E-state index in [2.05, 4.69) is 15.2 Å². The number of pyridine rings is 1. The van der Waals surface area contributed by atoms with E-state index in [1.54, 1.807) is 6.07 Å². The van der Waals surface area contributed by atoms with Crippen molar-refractivity contribution in [3.05, 3.63) is 40.4 Å². The third-order valence-electron chi connectivity index (χ3n) is 4.10. The second kappa shape index (κ2) is 6.78. The van der Waals surface area contributed by atoms with Crippen molar-refractivity contribution >= 4 is 28.5 Å². The Morgan fingerprint density at radius 3 is 2.81 bits per heavy atom. The lowest BCUT2D eigenvalue weighted by Gasteiger charge is -2.22. The number of anilines is 1. The Kier molecular flexibility index (Phi) is 4.67. The van der Waals surface area contributed by atoms with Crippen LogP contribution in [0.2, 0.25) is 0 Å². The number of hydrogen-bond acceptors (Lipinski definition) is 6. The predicted octanol–water partition coefficient (Wildman–Crippen LogP) is 3.25. The molecular formula is C18H22N4O4. The van der Waals surface area contributed by atoms with Gasteiger partial charge in [0.2, 0.25) is 0 Å². The average molecular weight is 358 g/mol. The topological polar surface area (TPSA) is 97.6 Å². The molecule has 1 amide bonds. The number of nitro groups is 1. The zero-order valence-electron chi connectivity index (χ0n) is 15.1. The molecule has 3 rings (SSSR count). The number of hydrogen-bond donors (Lipinski definition) is 1. The van der Waals surface area contributed by atoms with Crippen LogP contribution in [0, 0.1) is 10.1 Å². The lowest BCUT2D eigenvalue weighted by Crippen LogP contribution is -2.40. The lowest BCUT2D eigenvalue weighted by molar-refractivity contribution is -0.384. The monoisotopic (exact) mass is 358 g/mol. The molecule has 0 spiro atoms. The van der Waals surface area contributed by atoms with Gasteiger partial charge in [-0.15, -0.1) is 0 Å². The summed E-state index contributed by atoms with van der Waals surface area (Å²) in [5.74, 6) is 0.792. The Morgan fingerprint density at radius 1 is 1.35 bits per heavy atom. The Bertz CT molecular complexity index is 847. The molecule has 2 heterocycles. The van der Waals surface area contributed by atoms with Gasteiger partial charge in [-0.25, -0.2) is 9.78 Å². The van der Waals surface area contributed by atoms with Gasteiger partial charge in [0.25, 0.3) is 5.69 Å². The first-order valence-electron chi connectivity index (χ1n) is 8.51. The molecule has 26 heavy (non-hydrogen) atoms. The third-order valence-corrected chi connectivity index (χ3v) is 4.10. The molecule has 1 unspecified atom stereocenters. The van der Waals surface area contributed by atoms with Crippen LogP contribution in [-0.2, 0) is 4.74 Å². The van der Waals surface area contributed by atoms with Gasteiger partial charge in [0.1, 0.15) is 11.4 Å². The first-order valence-corrected chi connectivity index (χ1v) is 8.51. The van der Waals surface area contributed by atoms with E-state index in [0.29, 0.717) is 12.1 Å². The van der Waals surface area contributed by atoms with Crippen molar-refractivity contribution in [3.63, 3.8) is 0 Å². The van der Waals surface area contributed by atoms with Gasteiger partial charge >= 0.3 is 6.09 Å². The summed E-state index contributed by atoms with van der Waals surface area (Å²) in [5.41, 5.74) is 0.233. The number of nitro benzene ring substituents is 1. The minimum atomic E-state index is -0.523. The van der Waals surface area contributed by atoms with E-state index in [1.807, 2.05) is 32.9 Å². The molecule has 1 aliphatic heterocycles. The van der Waals surface area contributed by atoms with Crippen LogP contribution in [0.3, 0.4) is 0 Å². The number of rotatable bonds is 3. The number of fused-ring (bicyclic) bond motifs is 1. The molecule has 1 atom stereocenters. The number of ether oxygens (including phenoxy) is 1. The van der Waals surface area contributed by atoms with Crippen LogP contribution >= 0.6 is 0 Å². The first-order chi connectivity index (χ1) is 12.2. The number of alkyl carbamates (subject to hydrolysis) is 1. The smallest absolute Gasteiger partial charge is 0.407 e. The summed E-state index contributed by atoms with van der Waals surface area (Å²) >= 11 is 0. The highest BCUT2D eigenvalue weighted by atomic mass is 16.6. The van der Waals surface area contributed by atoms with E-state index >= 15 is 0 Å². The molecule has 1 aromatic heterocycles. The third kappa shape index (κ3) is 4.19. The van der Waals surface area contributed by atoms with Gasteiger partial charge in [0.15, 0.2) is 0 Å². The van der Waals surface area contributed by atoms with Crippen molar-refractivity contribution in [2.75, 3.05) is 18.0 Å². The molecule has 0 bridgehead atoms. The number of carbonyl (C=O) groups is 1. The first kappa shape index (κ1) is 17.9. The van der Waals surface area contributed by atoms with Gasteiger partial charge in [-0.05, 0) is 45.4 Å². The highest BCUT2D eigenvalue weighted by Crippen LogP contribution is 2.24. The van der Waals surface area contributed by atoms with E-state index in [4.69, 9.17) is 4.74 Å². The molecule has 8 nitrogen and oxygen atoms in total.